The summed E-state index contributed by atoms with van der Waals surface area (Å²) in [6.45, 7) is 3.42. The van der Waals surface area contributed by atoms with Crippen LogP contribution in [0.25, 0.3) is 0 Å². The second-order valence-electron chi connectivity index (χ2n) is 5.60. The van der Waals surface area contributed by atoms with Crippen LogP contribution in [0.3, 0.4) is 0 Å². The van der Waals surface area contributed by atoms with Crippen molar-refractivity contribution in [3.63, 3.8) is 0 Å². The van der Waals surface area contributed by atoms with Crippen molar-refractivity contribution in [3.8, 4) is 0 Å². The van der Waals surface area contributed by atoms with Crippen LogP contribution in [0.5, 0.6) is 0 Å². The fraction of sp³-hybridized carbons (Fsp3) is 0.929. The topological polar surface area (TPSA) is 29.5 Å². The van der Waals surface area contributed by atoms with Crippen LogP contribution in [0.15, 0.2) is 0 Å². The number of carbonyl (C=O) groups is 1. The first-order valence-electron chi connectivity index (χ1n) is 7.10. The largest absolute Gasteiger partial charge is 0.469 e. The fourth-order valence-electron chi connectivity index (χ4n) is 3.25. The van der Waals surface area contributed by atoms with Crippen LogP contribution in [-0.2, 0) is 9.53 Å². The lowest BCUT2D eigenvalue weighted by molar-refractivity contribution is -0.147. The van der Waals surface area contributed by atoms with E-state index in [9.17, 15) is 4.79 Å². The Morgan fingerprint density at radius 3 is 2.35 bits per heavy atom. The smallest absolute Gasteiger partial charge is 0.308 e. The van der Waals surface area contributed by atoms with Crippen molar-refractivity contribution in [1.82, 2.24) is 4.90 Å². The van der Waals surface area contributed by atoms with E-state index in [4.69, 9.17) is 4.74 Å². The zero-order chi connectivity index (χ0) is 12.1. The average molecular weight is 239 g/mol. The lowest BCUT2D eigenvalue weighted by Gasteiger charge is -2.34. The molecule has 17 heavy (non-hydrogen) atoms. The summed E-state index contributed by atoms with van der Waals surface area (Å²) in [5, 5.41) is 0. The summed E-state index contributed by atoms with van der Waals surface area (Å²) in [7, 11) is 1.50. The van der Waals surface area contributed by atoms with Gasteiger partial charge in [-0.15, -0.1) is 0 Å². The number of hydrogen-bond acceptors (Lipinski definition) is 3. The van der Waals surface area contributed by atoms with Gasteiger partial charge in [0.25, 0.3) is 0 Å². The Bertz CT molecular complexity index is 241. The first-order chi connectivity index (χ1) is 8.29. The lowest BCUT2D eigenvalue weighted by Crippen LogP contribution is -2.39. The fourth-order valence-corrected chi connectivity index (χ4v) is 3.25. The van der Waals surface area contributed by atoms with E-state index >= 15 is 0 Å². The van der Waals surface area contributed by atoms with E-state index in [1.807, 2.05) is 0 Å². The SMILES string of the molecule is COC(=O)C1CCN(CC2CCCCC2)CC1. The van der Waals surface area contributed by atoms with Crippen LogP contribution in [0.2, 0.25) is 0 Å². The summed E-state index contributed by atoms with van der Waals surface area (Å²) < 4.78 is 4.82. The maximum Gasteiger partial charge on any atom is 0.308 e. The van der Waals surface area contributed by atoms with Gasteiger partial charge in [0.05, 0.1) is 13.0 Å². The Morgan fingerprint density at radius 1 is 1.12 bits per heavy atom. The predicted molar refractivity (Wildman–Crippen MR) is 67.8 cm³/mol. The minimum absolute atomic E-state index is 0.0117. The van der Waals surface area contributed by atoms with E-state index in [0.29, 0.717) is 0 Å². The molecule has 0 unspecified atom stereocenters. The number of piperidine rings is 1. The second kappa shape index (κ2) is 6.39. The Labute approximate surface area is 105 Å². The molecule has 0 aromatic rings. The van der Waals surface area contributed by atoms with Crippen molar-refractivity contribution in [2.75, 3.05) is 26.7 Å². The van der Waals surface area contributed by atoms with Crippen LogP contribution in [-0.4, -0.2) is 37.6 Å². The molecular weight excluding hydrogens is 214 g/mol. The molecule has 1 heterocycles. The molecule has 3 nitrogen and oxygen atoms in total. The van der Waals surface area contributed by atoms with Crippen molar-refractivity contribution in [2.45, 2.75) is 44.9 Å². The van der Waals surface area contributed by atoms with Gasteiger partial charge in [0.1, 0.15) is 0 Å². The zero-order valence-electron chi connectivity index (χ0n) is 11.0. The van der Waals surface area contributed by atoms with Crippen molar-refractivity contribution in [2.24, 2.45) is 11.8 Å². The van der Waals surface area contributed by atoms with Gasteiger partial charge < -0.3 is 9.64 Å². The Balaban J connectivity index is 1.69. The highest BCUT2D eigenvalue weighted by molar-refractivity contribution is 5.72. The molecule has 0 aromatic carbocycles. The summed E-state index contributed by atoms with van der Waals surface area (Å²) >= 11 is 0. The molecule has 0 aromatic heterocycles. The average Bonchev–Trinajstić information content (AvgIpc) is 2.40. The maximum atomic E-state index is 11.4. The summed E-state index contributed by atoms with van der Waals surface area (Å²) in [4.78, 5) is 14.0. The third kappa shape index (κ3) is 3.70. The molecule has 2 aliphatic rings. The van der Waals surface area contributed by atoms with Crippen molar-refractivity contribution in [1.29, 1.82) is 0 Å². The van der Waals surface area contributed by atoms with E-state index in [-0.39, 0.29) is 11.9 Å². The van der Waals surface area contributed by atoms with Gasteiger partial charge in [-0.2, -0.15) is 0 Å². The molecule has 0 atom stereocenters. The van der Waals surface area contributed by atoms with Crippen molar-refractivity contribution in [3.05, 3.63) is 0 Å². The minimum atomic E-state index is -0.0117. The Hall–Kier alpha value is -0.570. The normalized spacial score (nSPS) is 24.8. The predicted octanol–water partition coefficient (Wildman–Crippen LogP) is 2.45. The van der Waals surface area contributed by atoms with Gasteiger partial charge in [-0.05, 0) is 44.7 Å². The molecule has 0 spiro atoms. The zero-order valence-corrected chi connectivity index (χ0v) is 11.0. The van der Waals surface area contributed by atoms with Crippen LogP contribution < -0.4 is 0 Å². The van der Waals surface area contributed by atoms with Crippen LogP contribution in [0.1, 0.15) is 44.9 Å². The third-order valence-electron chi connectivity index (χ3n) is 4.36. The first-order valence-corrected chi connectivity index (χ1v) is 7.10. The standard InChI is InChI=1S/C14H25NO2/c1-17-14(16)13-7-9-15(10-8-13)11-12-5-3-2-4-6-12/h12-13H,2-11H2,1H3. The molecule has 2 rings (SSSR count). The summed E-state index contributed by atoms with van der Waals surface area (Å²) in [5.41, 5.74) is 0. The van der Waals surface area contributed by atoms with Gasteiger partial charge in [0, 0.05) is 6.54 Å². The molecule has 2 fully saturated rings. The summed E-state index contributed by atoms with van der Waals surface area (Å²) in [6.07, 6.45) is 9.07. The number of methoxy groups -OCH3 is 1. The molecule has 0 radical (unpaired) electrons. The molecule has 1 saturated carbocycles. The van der Waals surface area contributed by atoms with E-state index in [0.717, 1.165) is 31.8 Å². The highest BCUT2D eigenvalue weighted by Gasteiger charge is 2.26. The number of nitrogens with zero attached hydrogens (tertiary/aromatic N) is 1. The number of rotatable bonds is 3. The minimum Gasteiger partial charge on any atom is -0.469 e. The number of ether oxygens (including phenoxy) is 1. The molecule has 1 aliphatic heterocycles. The van der Waals surface area contributed by atoms with E-state index < -0.39 is 0 Å². The van der Waals surface area contributed by atoms with E-state index in [1.54, 1.807) is 0 Å². The maximum absolute atomic E-state index is 11.4. The first kappa shape index (κ1) is 12.9. The molecule has 0 amide bonds. The molecule has 98 valence electrons. The lowest BCUT2D eigenvalue weighted by atomic mass is 9.88. The van der Waals surface area contributed by atoms with Gasteiger partial charge in [0.15, 0.2) is 0 Å². The van der Waals surface area contributed by atoms with Gasteiger partial charge in [-0.3, -0.25) is 4.79 Å². The number of esters is 1. The van der Waals surface area contributed by atoms with E-state index in [1.165, 1.54) is 45.8 Å². The molecule has 1 saturated heterocycles. The van der Waals surface area contributed by atoms with Crippen molar-refractivity contribution < 1.29 is 9.53 Å². The highest BCUT2D eigenvalue weighted by atomic mass is 16.5. The number of hydrogen-bond donors (Lipinski definition) is 0. The summed E-state index contributed by atoms with van der Waals surface area (Å²) in [6, 6.07) is 0. The van der Waals surface area contributed by atoms with Crippen LogP contribution >= 0.6 is 0 Å². The molecule has 0 N–H and O–H groups in total. The van der Waals surface area contributed by atoms with Gasteiger partial charge in [0.2, 0.25) is 0 Å². The van der Waals surface area contributed by atoms with Gasteiger partial charge >= 0.3 is 5.97 Å². The monoisotopic (exact) mass is 239 g/mol. The molecule has 0 bridgehead atoms. The molecular formula is C14H25NO2. The Kier molecular flexibility index (Phi) is 4.84. The number of carbonyl (C=O) groups excluding carboxylic acids is 1. The van der Waals surface area contributed by atoms with Crippen molar-refractivity contribution >= 4 is 5.97 Å². The molecule has 3 heteroatoms. The number of likely N-dealkylation sites (tertiary alicyclic amines) is 1. The third-order valence-corrected chi connectivity index (χ3v) is 4.36. The van der Waals surface area contributed by atoms with E-state index in [2.05, 4.69) is 4.90 Å². The molecule has 1 aliphatic carbocycles. The highest BCUT2D eigenvalue weighted by Crippen LogP contribution is 2.26. The van der Waals surface area contributed by atoms with Crippen LogP contribution in [0, 0.1) is 11.8 Å². The Morgan fingerprint density at radius 2 is 1.76 bits per heavy atom. The summed E-state index contributed by atoms with van der Waals surface area (Å²) in [5.74, 6) is 1.06. The van der Waals surface area contributed by atoms with Crippen LogP contribution in [0.4, 0.5) is 0 Å². The second-order valence-corrected chi connectivity index (χ2v) is 5.60. The van der Waals surface area contributed by atoms with Gasteiger partial charge in [-0.1, -0.05) is 19.3 Å². The quantitative estimate of drug-likeness (QED) is 0.709. The van der Waals surface area contributed by atoms with Gasteiger partial charge in [-0.25, -0.2) is 0 Å².